The molecule has 0 aliphatic carbocycles. The molecule has 1 unspecified atom stereocenters. The van der Waals surface area contributed by atoms with E-state index in [4.69, 9.17) is 20.9 Å². The van der Waals surface area contributed by atoms with Crippen molar-refractivity contribution in [1.29, 1.82) is 0 Å². The molecule has 10 nitrogen and oxygen atoms in total. The van der Waals surface area contributed by atoms with E-state index in [-0.39, 0.29) is 30.9 Å². The van der Waals surface area contributed by atoms with Gasteiger partial charge in [-0.2, -0.15) is 0 Å². The van der Waals surface area contributed by atoms with E-state index in [9.17, 15) is 4.79 Å². The highest BCUT2D eigenvalue weighted by molar-refractivity contribution is 5.95. The number of hydrogen-bond acceptors (Lipinski definition) is 5. The SMILES string of the molecule is [N-]=[N+]=NCc1cc(N=[N+]=[N-])cc(C(=O)N2CCCOC(CCO)C2)c1. The Morgan fingerprint density at radius 3 is 2.92 bits per heavy atom. The van der Waals surface area contributed by atoms with Gasteiger partial charge in [0.05, 0.1) is 12.6 Å². The maximum absolute atomic E-state index is 12.9. The van der Waals surface area contributed by atoms with Gasteiger partial charge in [-0.1, -0.05) is 10.2 Å². The second-order valence-corrected chi connectivity index (χ2v) is 5.58. The highest BCUT2D eigenvalue weighted by Gasteiger charge is 2.23. The molecule has 0 aromatic heterocycles. The molecule has 0 saturated carbocycles. The van der Waals surface area contributed by atoms with E-state index in [2.05, 4.69) is 20.1 Å². The summed E-state index contributed by atoms with van der Waals surface area (Å²) in [5, 5.41) is 16.1. The minimum atomic E-state index is -0.217. The van der Waals surface area contributed by atoms with E-state index in [1.165, 1.54) is 6.07 Å². The van der Waals surface area contributed by atoms with Crippen LogP contribution in [0, 0.1) is 0 Å². The number of carbonyl (C=O) groups excluding carboxylic acids is 1. The van der Waals surface area contributed by atoms with Gasteiger partial charge in [-0.25, -0.2) is 0 Å². The fourth-order valence-electron chi connectivity index (χ4n) is 2.69. The minimum absolute atomic E-state index is 0.00458. The molecular weight excluding hydrogens is 326 g/mol. The minimum Gasteiger partial charge on any atom is -0.396 e. The molecule has 1 saturated heterocycles. The lowest BCUT2D eigenvalue weighted by molar-refractivity contribution is 0.0339. The summed E-state index contributed by atoms with van der Waals surface area (Å²) < 4.78 is 5.62. The summed E-state index contributed by atoms with van der Waals surface area (Å²) in [5.41, 5.74) is 18.3. The Labute approximate surface area is 144 Å². The Balaban J connectivity index is 2.27. The number of azide groups is 2. The maximum Gasteiger partial charge on any atom is 0.253 e. The molecule has 1 aromatic carbocycles. The number of amides is 1. The molecule has 25 heavy (non-hydrogen) atoms. The quantitative estimate of drug-likeness (QED) is 0.480. The number of aliphatic hydroxyl groups is 1. The number of ether oxygens (including phenoxy) is 1. The summed E-state index contributed by atoms with van der Waals surface area (Å²) >= 11 is 0. The molecule has 1 N–H and O–H groups in total. The van der Waals surface area contributed by atoms with Crippen LogP contribution in [0.1, 0.15) is 28.8 Å². The van der Waals surface area contributed by atoms with Crippen LogP contribution in [-0.2, 0) is 11.3 Å². The molecule has 1 atom stereocenters. The highest BCUT2D eigenvalue weighted by Crippen LogP contribution is 2.21. The monoisotopic (exact) mass is 345 g/mol. The van der Waals surface area contributed by atoms with E-state index < -0.39 is 0 Å². The highest BCUT2D eigenvalue weighted by atomic mass is 16.5. The normalized spacial score (nSPS) is 17.2. The van der Waals surface area contributed by atoms with Crippen molar-refractivity contribution in [2.45, 2.75) is 25.5 Å². The summed E-state index contributed by atoms with van der Waals surface area (Å²) in [7, 11) is 0. The number of carbonyl (C=O) groups is 1. The lowest BCUT2D eigenvalue weighted by Gasteiger charge is -2.24. The van der Waals surface area contributed by atoms with Gasteiger partial charge in [0.1, 0.15) is 0 Å². The molecule has 1 aliphatic heterocycles. The first kappa shape index (κ1) is 18.6. The van der Waals surface area contributed by atoms with Crippen molar-refractivity contribution >= 4 is 11.6 Å². The zero-order chi connectivity index (χ0) is 18.1. The molecule has 0 radical (unpaired) electrons. The van der Waals surface area contributed by atoms with Gasteiger partial charge in [0.15, 0.2) is 0 Å². The first-order valence-electron chi connectivity index (χ1n) is 7.89. The van der Waals surface area contributed by atoms with Crippen LogP contribution in [0.5, 0.6) is 0 Å². The second kappa shape index (κ2) is 9.51. The van der Waals surface area contributed by atoms with E-state index in [0.29, 0.717) is 43.7 Å². The summed E-state index contributed by atoms with van der Waals surface area (Å²) in [5.74, 6) is -0.217. The van der Waals surface area contributed by atoms with Crippen molar-refractivity contribution in [3.05, 3.63) is 50.2 Å². The molecule has 132 valence electrons. The molecule has 1 aromatic rings. The number of nitrogens with zero attached hydrogens (tertiary/aromatic N) is 7. The smallest absolute Gasteiger partial charge is 0.253 e. The largest absolute Gasteiger partial charge is 0.396 e. The van der Waals surface area contributed by atoms with Crippen LogP contribution in [0.2, 0.25) is 0 Å². The molecule has 1 fully saturated rings. The van der Waals surface area contributed by atoms with Gasteiger partial charge in [0, 0.05) is 47.4 Å². The van der Waals surface area contributed by atoms with Gasteiger partial charge in [0.25, 0.3) is 5.91 Å². The number of benzene rings is 1. The van der Waals surface area contributed by atoms with Crippen molar-refractivity contribution in [1.82, 2.24) is 4.90 Å². The van der Waals surface area contributed by atoms with Gasteiger partial charge in [0.2, 0.25) is 0 Å². The topological polar surface area (TPSA) is 147 Å². The molecule has 1 aliphatic rings. The van der Waals surface area contributed by atoms with Crippen molar-refractivity contribution in [2.75, 3.05) is 26.3 Å². The Morgan fingerprint density at radius 2 is 2.20 bits per heavy atom. The molecule has 1 heterocycles. The first-order chi connectivity index (χ1) is 12.2. The summed E-state index contributed by atoms with van der Waals surface area (Å²) in [4.78, 5) is 20.0. The molecule has 0 spiro atoms. The molecule has 2 rings (SSSR count). The first-order valence-corrected chi connectivity index (χ1v) is 7.89. The fraction of sp³-hybridized carbons (Fsp3) is 0.533. The van der Waals surface area contributed by atoms with Crippen LogP contribution >= 0.6 is 0 Å². The van der Waals surface area contributed by atoms with Crippen LogP contribution in [0.15, 0.2) is 28.4 Å². The van der Waals surface area contributed by atoms with Gasteiger partial charge in [-0.3, -0.25) is 4.79 Å². The van der Waals surface area contributed by atoms with Crippen LogP contribution < -0.4 is 0 Å². The van der Waals surface area contributed by atoms with Crippen molar-refractivity contribution in [2.24, 2.45) is 10.2 Å². The van der Waals surface area contributed by atoms with Crippen LogP contribution in [0.3, 0.4) is 0 Å². The van der Waals surface area contributed by atoms with Crippen LogP contribution in [0.4, 0.5) is 5.69 Å². The third-order valence-electron chi connectivity index (χ3n) is 3.79. The predicted molar refractivity (Wildman–Crippen MR) is 90.1 cm³/mol. The van der Waals surface area contributed by atoms with Crippen molar-refractivity contribution in [3.8, 4) is 0 Å². The van der Waals surface area contributed by atoms with E-state index >= 15 is 0 Å². The molecule has 1 amide bonds. The average molecular weight is 345 g/mol. The third kappa shape index (κ3) is 5.37. The lowest BCUT2D eigenvalue weighted by atomic mass is 10.1. The zero-order valence-corrected chi connectivity index (χ0v) is 13.7. The summed E-state index contributed by atoms with van der Waals surface area (Å²) in [6.07, 6.45) is 0.958. The third-order valence-corrected chi connectivity index (χ3v) is 3.79. The maximum atomic E-state index is 12.9. The summed E-state index contributed by atoms with van der Waals surface area (Å²) in [6, 6.07) is 4.71. The standard InChI is InChI=1S/C15H19N7O3/c16-20-18-9-11-6-12(8-13(7-11)19-21-17)15(24)22-3-1-5-25-14(10-22)2-4-23/h6-8,14,23H,1-5,9-10H2. The van der Waals surface area contributed by atoms with Crippen LogP contribution in [0.25, 0.3) is 20.9 Å². The Hall–Kier alpha value is -2.77. The summed E-state index contributed by atoms with van der Waals surface area (Å²) in [6.45, 7) is 1.52. The Morgan fingerprint density at radius 1 is 1.36 bits per heavy atom. The predicted octanol–water partition coefficient (Wildman–Crippen LogP) is 3.05. The second-order valence-electron chi connectivity index (χ2n) is 5.58. The fourth-order valence-corrected chi connectivity index (χ4v) is 2.69. The van der Waals surface area contributed by atoms with Crippen molar-refractivity contribution < 1.29 is 14.6 Å². The number of aliphatic hydroxyl groups excluding tert-OH is 1. The van der Waals surface area contributed by atoms with Crippen molar-refractivity contribution in [3.63, 3.8) is 0 Å². The Kier molecular flexibility index (Phi) is 7.06. The van der Waals surface area contributed by atoms with Gasteiger partial charge in [-0.05, 0) is 47.7 Å². The molecule has 10 heteroatoms. The Bertz CT molecular complexity index is 711. The van der Waals surface area contributed by atoms with E-state index in [0.717, 1.165) is 0 Å². The zero-order valence-electron chi connectivity index (χ0n) is 13.7. The number of hydrogen-bond donors (Lipinski definition) is 1. The van der Waals surface area contributed by atoms with Gasteiger partial charge >= 0.3 is 0 Å². The van der Waals surface area contributed by atoms with E-state index in [1.54, 1.807) is 17.0 Å². The molecular formula is C15H19N7O3. The van der Waals surface area contributed by atoms with Gasteiger partial charge < -0.3 is 14.7 Å². The van der Waals surface area contributed by atoms with Gasteiger partial charge in [-0.15, -0.1) is 0 Å². The lowest BCUT2D eigenvalue weighted by Crippen LogP contribution is -2.37. The van der Waals surface area contributed by atoms with E-state index in [1.807, 2.05) is 0 Å². The van der Waals surface area contributed by atoms with Crippen LogP contribution in [-0.4, -0.2) is 48.3 Å². The molecule has 0 bridgehead atoms. The number of rotatable bonds is 6. The average Bonchev–Trinajstić information content (AvgIpc) is 2.85.